The standard InChI is InChI=1S/C20H23N3O2S/c1-2-6-15(7-3-1)17-13-26-20-18(17)19(22-14-23-20)21-9-5-10-24-12-16-8-4-11-25-16/h1-3,6-7,13-14,16H,4-5,8-12H2,(H,21,22,23). The number of hydrogen-bond donors (Lipinski definition) is 1. The number of benzene rings is 1. The maximum Gasteiger partial charge on any atom is 0.138 e. The van der Waals surface area contributed by atoms with Gasteiger partial charge in [0.1, 0.15) is 17.0 Å². The molecule has 1 aromatic carbocycles. The molecule has 1 fully saturated rings. The van der Waals surface area contributed by atoms with Crippen molar-refractivity contribution in [2.75, 3.05) is 31.7 Å². The van der Waals surface area contributed by atoms with Crippen LogP contribution in [-0.4, -0.2) is 42.4 Å². The summed E-state index contributed by atoms with van der Waals surface area (Å²) in [6.45, 7) is 3.14. The first-order chi connectivity index (χ1) is 12.9. The molecule has 1 aliphatic rings. The fourth-order valence-electron chi connectivity index (χ4n) is 3.21. The van der Waals surface area contributed by atoms with Gasteiger partial charge in [-0.25, -0.2) is 9.97 Å². The van der Waals surface area contributed by atoms with Gasteiger partial charge in [0.25, 0.3) is 0 Å². The summed E-state index contributed by atoms with van der Waals surface area (Å²) >= 11 is 1.65. The third-order valence-electron chi connectivity index (χ3n) is 4.54. The molecule has 0 bridgehead atoms. The molecule has 1 aliphatic heterocycles. The van der Waals surface area contributed by atoms with Gasteiger partial charge in [-0.1, -0.05) is 30.3 Å². The summed E-state index contributed by atoms with van der Waals surface area (Å²) in [4.78, 5) is 9.90. The third-order valence-corrected chi connectivity index (χ3v) is 5.43. The molecule has 0 saturated carbocycles. The molecule has 3 aromatic rings. The lowest BCUT2D eigenvalue weighted by atomic mass is 10.1. The highest BCUT2D eigenvalue weighted by molar-refractivity contribution is 7.17. The number of aromatic nitrogens is 2. The summed E-state index contributed by atoms with van der Waals surface area (Å²) in [7, 11) is 0. The summed E-state index contributed by atoms with van der Waals surface area (Å²) in [5.41, 5.74) is 2.37. The fourth-order valence-corrected chi connectivity index (χ4v) is 4.13. The van der Waals surface area contributed by atoms with Crippen molar-refractivity contribution in [1.82, 2.24) is 9.97 Å². The minimum atomic E-state index is 0.295. The Labute approximate surface area is 157 Å². The molecule has 3 heterocycles. The molecule has 1 saturated heterocycles. The summed E-state index contributed by atoms with van der Waals surface area (Å²) < 4.78 is 11.3. The van der Waals surface area contributed by atoms with E-state index in [1.807, 2.05) is 6.07 Å². The second-order valence-corrected chi connectivity index (χ2v) is 7.27. The number of anilines is 1. The van der Waals surface area contributed by atoms with Crippen LogP contribution in [0.1, 0.15) is 19.3 Å². The number of hydrogen-bond acceptors (Lipinski definition) is 6. The predicted molar refractivity (Wildman–Crippen MR) is 106 cm³/mol. The number of nitrogens with zero attached hydrogens (tertiary/aromatic N) is 2. The van der Waals surface area contributed by atoms with Crippen LogP contribution in [0.3, 0.4) is 0 Å². The fraction of sp³-hybridized carbons (Fsp3) is 0.400. The maximum absolute atomic E-state index is 5.73. The maximum atomic E-state index is 5.73. The van der Waals surface area contributed by atoms with Crippen molar-refractivity contribution >= 4 is 27.4 Å². The Balaban J connectivity index is 1.36. The SMILES string of the molecule is c1ccc(-c2csc3ncnc(NCCCOCC4CCCO4)c23)cc1. The van der Waals surface area contributed by atoms with Crippen LogP contribution in [0.5, 0.6) is 0 Å². The molecule has 4 rings (SSSR count). The van der Waals surface area contributed by atoms with Gasteiger partial charge >= 0.3 is 0 Å². The van der Waals surface area contributed by atoms with Crippen LogP contribution in [-0.2, 0) is 9.47 Å². The van der Waals surface area contributed by atoms with Crippen LogP contribution in [0, 0.1) is 0 Å². The normalized spacial score (nSPS) is 17.0. The van der Waals surface area contributed by atoms with E-state index in [0.29, 0.717) is 12.7 Å². The average Bonchev–Trinajstić information content (AvgIpc) is 3.35. The zero-order valence-corrected chi connectivity index (χ0v) is 15.5. The van der Waals surface area contributed by atoms with Crippen LogP contribution in [0.15, 0.2) is 42.0 Å². The van der Waals surface area contributed by atoms with Gasteiger partial charge in [-0.2, -0.15) is 0 Å². The topological polar surface area (TPSA) is 56.3 Å². The molecule has 26 heavy (non-hydrogen) atoms. The quantitative estimate of drug-likeness (QED) is 0.598. The van der Waals surface area contributed by atoms with Crippen LogP contribution in [0.4, 0.5) is 5.82 Å². The molecule has 5 nitrogen and oxygen atoms in total. The van der Waals surface area contributed by atoms with E-state index in [1.165, 1.54) is 11.1 Å². The lowest BCUT2D eigenvalue weighted by molar-refractivity contribution is 0.0172. The molecular formula is C20H23N3O2S. The van der Waals surface area contributed by atoms with Crippen molar-refractivity contribution in [3.05, 3.63) is 42.0 Å². The summed E-state index contributed by atoms with van der Waals surface area (Å²) in [5, 5.41) is 6.71. The van der Waals surface area contributed by atoms with Crippen molar-refractivity contribution in [2.45, 2.75) is 25.4 Å². The number of rotatable bonds is 8. The molecule has 6 heteroatoms. The van der Waals surface area contributed by atoms with Gasteiger partial charge in [0.2, 0.25) is 0 Å². The van der Waals surface area contributed by atoms with Gasteiger partial charge in [0.05, 0.1) is 18.1 Å². The molecule has 0 radical (unpaired) electrons. The van der Waals surface area contributed by atoms with Crippen molar-refractivity contribution in [2.24, 2.45) is 0 Å². The molecule has 0 spiro atoms. The lowest BCUT2D eigenvalue weighted by Crippen LogP contribution is -2.15. The Hall–Kier alpha value is -2.02. The van der Waals surface area contributed by atoms with Crippen LogP contribution in [0.2, 0.25) is 0 Å². The van der Waals surface area contributed by atoms with Gasteiger partial charge in [-0.15, -0.1) is 11.3 Å². The molecule has 1 N–H and O–H groups in total. The van der Waals surface area contributed by atoms with E-state index in [0.717, 1.165) is 55.1 Å². The van der Waals surface area contributed by atoms with E-state index in [1.54, 1.807) is 17.7 Å². The largest absolute Gasteiger partial charge is 0.379 e. The van der Waals surface area contributed by atoms with Crippen LogP contribution in [0.25, 0.3) is 21.3 Å². The molecular weight excluding hydrogens is 346 g/mol. The molecule has 1 unspecified atom stereocenters. The summed E-state index contributed by atoms with van der Waals surface area (Å²) in [6, 6.07) is 10.4. The van der Waals surface area contributed by atoms with Crippen LogP contribution >= 0.6 is 11.3 Å². The number of fused-ring (bicyclic) bond motifs is 1. The van der Waals surface area contributed by atoms with Crippen LogP contribution < -0.4 is 5.32 Å². The van der Waals surface area contributed by atoms with E-state index in [4.69, 9.17) is 9.47 Å². The van der Waals surface area contributed by atoms with E-state index in [-0.39, 0.29) is 0 Å². The Morgan fingerprint density at radius 2 is 2.15 bits per heavy atom. The minimum absolute atomic E-state index is 0.295. The second-order valence-electron chi connectivity index (χ2n) is 6.41. The van der Waals surface area contributed by atoms with E-state index in [9.17, 15) is 0 Å². The van der Waals surface area contributed by atoms with Gasteiger partial charge < -0.3 is 14.8 Å². The summed E-state index contributed by atoms with van der Waals surface area (Å²) in [5.74, 6) is 0.897. The van der Waals surface area contributed by atoms with E-state index in [2.05, 4.69) is 44.9 Å². The third kappa shape index (κ3) is 4.03. The Kier molecular flexibility index (Phi) is 5.74. The van der Waals surface area contributed by atoms with E-state index < -0.39 is 0 Å². The first kappa shape index (κ1) is 17.4. The lowest BCUT2D eigenvalue weighted by Gasteiger charge is -2.11. The zero-order valence-electron chi connectivity index (χ0n) is 14.7. The highest BCUT2D eigenvalue weighted by Crippen LogP contribution is 2.36. The predicted octanol–water partition coefficient (Wildman–Crippen LogP) is 4.36. The van der Waals surface area contributed by atoms with Gasteiger partial charge in [0, 0.05) is 30.7 Å². The number of ether oxygens (including phenoxy) is 2. The van der Waals surface area contributed by atoms with Gasteiger partial charge in [0.15, 0.2) is 0 Å². The smallest absolute Gasteiger partial charge is 0.138 e. The first-order valence-electron chi connectivity index (χ1n) is 9.12. The molecule has 2 aromatic heterocycles. The van der Waals surface area contributed by atoms with E-state index >= 15 is 0 Å². The second kappa shape index (κ2) is 8.58. The van der Waals surface area contributed by atoms with Gasteiger partial charge in [-0.3, -0.25) is 0 Å². The van der Waals surface area contributed by atoms with Crippen molar-refractivity contribution in [1.29, 1.82) is 0 Å². The number of thiophene rings is 1. The molecule has 0 aliphatic carbocycles. The Morgan fingerprint density at radius 1 is 1.23 bits per heavy atom. The monoisotopic (exact) mass is 369 g/mol. The average molecular weight is 369 g/mol. The minimum Gasteiger partial charge on any atom is -0.379 e. The van der Waals surface area contributed by atoms with Gasteiger partial charge in [-0.05, 0) is 24.8 Å². The number of nitrogens with one attached hydrogen (secondary N) is 1. The molecule has 1 atom stereocenters. The Bertz CT molecular complexity index is 831. The van der Waals surface area contributed by atoms with Crippen molar-refractivity contribution in [3.8, 4) is 11.1 Å². The highest BCUT2D eigenvalue weighted by Gasteiger charge is 2.15. The summed E-state index contributed by atoms with van der Waals surface area (Å²) in [6.07, 6.45) is 5.14. The zero-order chi connectivity index (χ0) is 17.6. The first-order valence-corrected chi connectivity index (χ1v) is 10.0. The van der Waals surface area contributed by atoms with Crippen molar-refractivity contribution in [3.63, 3.8) is 0 Å². The highest BCUT2D eigenvalue weighted by atomic mass is 32.1. The Morgan fingerprint density at radius 3 is 3.00 bits per heavy atom. The molecule has 0 amide bonds. The van der Waals surface area contributed by atoms with Crippen molar-refractivity contribution < 1.29 is 9.47 Å². The molecule has 136 valence electrons.